The van der Waals surface area contributed by atoms with Crippen molar-refractivity contribution in [1.82, 2.24) is 16.2 Å². The van der Waals surface area contributed by atoms with Crippen LogP contribution in [-0.4, -0.2) is 19.8 Å². The van der Waals surface area contributed by atoms with Crippen molar-refractivity contribution in [2.24, 2.45) is 0 Å². The minimum Gasteiger partial charge on any atom is -0.384 e. The molecule has 0 fully saturated rings. The quantitative estimate of drug-likeness (QED) is 0.666. The van der Waals surface area contributed by atoms with Gasteiger partial charge in [-0.3, -0.25) is 10.9 Å². The second kappa shape index (κ2) is 7.16. The van der Waals surface area contributed by atoms with Gasteiger partial charge in [-0.2, -0.15) is 13.2 Å². The summed E-state index contributed by atoms with van der Waals surface area (Å²) in [5.41, 5.74) is 7.63. The molecule has 0 saturated heterocycles. The van der Waals surface area contributed by atoms with Gasteiger partial charge in [0.15, 0.2) is 0 Å². The lowest BCUT2D eigenvalue weighted by Crippen LogP contribution is -2.32. The van der Waals surface area contributed by atoms with Crippen molar-refractivity contribution < 1.29 is 13.2 Å². The Morgan fingerprint density at radius 2 is 1.74 bits per heavy atom. The summed E-state index contributed by atoms with van der Waals surface area (Å²) in [6, 6.07) is 6.37. The number of hydrazine groups is 1. The van der Waals surface area contributed by atoms with Crippen molar-refractivity contribution in [2.45, 2.75) is 19.1 Å². The van der Waals surface area contributed by atoms with Gasteiger partial charge in [-0.25, -0.2) is 0 Å². The highest BCUT2D eigenvalue weighted by Crippen LogP contribution is 2.21. The number of halogens is 3. The molecular formula is C13H18F3N3. The second-order valence-electron chi connectivity index (χ2n) is 4.17. The summed E-state index contributed by atoms with van der Waals surface area (Å²) in [5, 5.41) is 3.08. The molecule has 0 amide bonds. The van der Waals surface area contributed by atoms with Gasteiger partial charge in [-0.05, 0) is 18.2 Å². The molecule has 106 valence electrons. The maximum absolute atomic E-state index is 12.2. The number of alkyl halides is 3. The van der Waals surface area contributed by atoms with Crippen LogP contribution in [0.15, 0.2) is 36.5 Å². The van der Waals surface area contributed by atoms with Crippen molar-refractivity contribution in [3.8, 4) is 0 Å². The highest BCUT2D eigenvalue weighted by atomic mass is 19.4. The second-order valence-corrected chi connectivity index (χ2v) is 4.17. The van der Waals surface area contributed by atoms with Crippen LogP contribution in [0.5, 0.6) is 0 Å². The Bertz CT molecular complexity index is 399. The van der Waals surface area contributed by atoms with Crippen LogP contribution in [0.3, 0.4) is 0 Å². The Balaban J connectivity index is 2.42. The first kappa shape index (κ1) is 15.5. The summed E-state index contributed by atoms with van der Waals surface area (Å²) in [6.07, 6.45) is -5.05. The Labute approximate surface area is 110 Å². The molecular weight excluding hydrogens is 255 g/mol. The van der Waals surface area contributed by atoms with Crippen LogP contribution >= 0.6 is 0 Å². The molecule has 3 N–H and O–H groups in total. The van der Waals surface area contributed by atoms with E-state index in [0.717, 1.165) is 11.3 Å². The molecule has 0 aliphatic heterocycles. The monoisotopic (exact) mass is 273 g/mol. The van der Waals surface area contributed by atoms with E-state index in [9.17, 15) is 13.2 Å². The van der Waals surface area contributed by atoms with Crippen molar-refractivity contribution in [1.29, 1.82) is 0 Å². The maximum Gasteiger partial charge on any atom is 0.393 e. The van der Waals surface area contributed by atoms with Gasteiger partial charge in [-0.15, -0.1) is 0 Å². The molecule has 0 bridgehead atoms. The van der Waals surface area contributed by atoms with E-state index in [-0.39, 0.29) is 5.56 Å². The lowest BCUT2D eigenvalue weighted by atomic mass is 10.1. The van der Waals surface area contributed by atoms with Gasteiger partial charge in [0.1, 0.15) is 0 Å². The molecule has 0 aliphatic rings. The topological polar surface area (TPSA) is 36.1 Å². The zero-order valence-electron chi connectivity index (χ0n) is 10.8. The molecule has 0 radical (unpaired) electrons. The summed E-state index contributed by atoms with van der Waals surface area (Å²) < 4.78 is 36.5. The SMILES string of the molecule is C=C(CNNC)NCc1ccc(CC(F)(F)F)cc1. The summed E-state index contributed by atoms with van der Waals surface area (Å²) >= 11 is 0. The van der Waals surface area contributed by atoms with Crippen LogP contribution < -0.4 is 16.2 Å². The summed E-state index contributed by atoms with van der Waals surface area (Å²) in [5.74, 6) is 0. The van der Waals surface area contributed by atoms with E-state index in [1.165, 1.54) is 12.1 Å². The lowest BCUT2D eigenvalue weighted by Gasteiger charge is -2.11. The molecule has 0 spiro atoms. The van der Waals surface area contributed by atoms with Crippen LogP contribution in [0.1, 0.15) is 11.1 Å². The lowest BCUT2D eigenvalue weighted by molar-refractivity contribution is -0.127. The van der Waals surface area contributed by atoms with Gasteiger partial charge >= 0.3 is 6.18 Å². The van der Waals surface area contributed by atoms with Crippen molar-refractivity contribution in [3.63, 3.8) is 0 Å². The zero-order valence-corrected chi connectivity index (χ0v) is 10.8. The van der Waals surface area contributed by atoms with E-state index in [1.54, 1.807) is 19.2 Å². The van der Waals surface area contributed by atoms with Crippen molar-refractivity contribution in [2.75, 3.05) is 13.6 Å². The number of hydrogen-bond acceptors (Lipinski definition) is 3. The van der Waals surface area contributed by atoms with Gasteiger partial charge in [-0.1, -0.05) is 30.8 Å². The smallest absolute Gasteiger partial charge is 0.384 e. The Morgan fingerprint density at radius 3 is 2.26 bits per heavy atom. The normalized spacial score (nSPS) is 11.4. The number of hydrogen-bond donors (Lipinski definition) is 3. The van der Waals surface area contributed by atoms with Crippen LogP contribution in [0.2, 0.25) is 0 Å². The highest BCUT2D eigenvalue weighted by molar-refractivity contribution is 5.23. The molecule has 1 aromatic rings. The standard InChI is InChI=1S/C13H18F3N3/c1-10(8-19-17-2)18-9-12-5-3-11(4-6-12)7-13(14,15)16/h3-6,17-19H,1,7-9H2,2H3. The number of nitrogens with one attached hydrogen (secondary N) is 3. The molecule has 0 aromatic heterocycles. The third kappa shape index (κ3) is 6.83. The number of benzene rings is 1. The van der Waals surface area contributed by atoms with Crippen LogP contribution in [-0.2, 0) is 13.0 Å². The summed E-state index contributed by atoms with van der Waals surface area (Å²) in [6.45, 7) is 4.92. The van der Waals surface area contributed by atoms with Gasteiger partial charge in [0.05, 0.1) is 6.42 Å². The largest absolute Gasteiger partial charge is 0.393 e. The Morgan fingerprint density at radius 1 is 1.16 bits per heavy atom. The zero-order chi connectivity index (χ0) is 14.3. The molecule has 6 heteroatoms. The third-order valence-corrected chi connectivity index (χ3v) is 2.45. The van der Waals surface area contributed by atoms with E-state index in [2.05, 4.69) is 22.7 Å². The summed E-state index contributed by atoms with van der Waals surface area (Å²) in [4.78, 5) is 0. The van der Waals surface area contributed by atoms with E-state index in [0.29, 0.717) is 13.1 Å². The third-order valence-electron chi connectivity index (χ3n) is 2.45. The minimum absolute atomic E-state index is 0.270. The summed E-state index contributed by atoms with van der Waals surface area (Å²) in [7, 11) is 1.76. The Kier molecular flexibility index (Phi) is 5.85. The van der Waals surface area contributed by atoms with E-state index in [1.807, 2.05) is 0 Å². The van der Waals surface area contributed by atoms with E-state index in [4.69, 9.17) is 0 Å². The molecule has 19 heavy (non-hydrogen) atoms. The molecule has 1 rings (SSSR count). The highest BCUT2D eigenvalue weighted by Gasteiger charge is 2.27. The van der Waals surface area contributed by atoms with Crippen LogP contribution in [0.25, 0.3) is 0 Å². The first-order chi connectivity index (χ1) is 8.90. The molecule has 0 aliphatic carbocycles. The molecule has 0 atom stereocenters. The fourth-order valence-corrected chi connectivity index (χ4v) is 1.49. The molecule has 3 nitrogen and oxygen atoms in total. The van der Waals surface area contributed by atoms with Gasteiger partial charge in [0.25, 0.3) is 0 Å². The van der Waals surface area contributed by atoms with E-state index < -0.39 is 12.6 Å². The van der Waals surface area contributed by atoms with Crippen LogP contribution in [0.4, 0.5) is 13.2 Å². The number of rotatable bonds is 7. The molecule has 0 heterocycles. The first-order valence-electron chi connectivity index (χ1n) is 5.86. The maximum atomic E-state index is 12.2. The first-order valence-corrected chi connectivity index (χ1v) is 5.86. The average molecular weight is 273 g/mol. The predicted octanol–water partition coefficient (Wildman–Crippen LogP) is 2.12. The fraction of sp³-hybridized carbons (Fsp3) is 0.385. The predicted molar refractivity (Wildman–Crippen MR) is 69.2 cm³/mol. The van der Waals surface area contributed by atoms with Crippen molar-refractivity contribution >= 4 is 0 Å². The van der Waals surface area contributed by atoms with Gasteiger partial charge < -0.3 is 5.32 Å². The van der Waals surface area contributed by atoms with Gasteiger partial charge in [0.2, 0.25) is 0 Å². The molecule has 0 saturated carbocycles. The molecule has 1 aromatic carbocycles. The molecule has 0 unspecified atom stereocenters. The minimum atomic E-state index is -4.16. The van der Waals surface area contributed by atoms with Gasteiger partial charge in [0, 0.05) is 18.8 Å². The van der Waals surface area contributed by atoms with E-state index >= 15 is 0 Å². The van der Waals surface area contributed by atoms with Crippen LogP contribution in [0, 0.1) is 0 Å². The average Bonchev–Trinajstić information content (AvgIpc) is 2.33. The van der Waals surface area contributed by atoms with Crippen molar-refractivity contribution in [3.05, 3.63) is 47.7 Å². The fourth-order valence-electron chi connectivity index (χ4n) is 1.49. The Hall–Kier alpha value is -1.53.